The van der Waals surface area contributed by atoms with Crippen molar-refractivity contribution in [1.29, 1.82) is 0 Å². The summed E-state index contributed by atoms with van der Waals surface area (Å²) in [6.07, 6.45) is 3.49. The Morgan fingerprint density at radius 3 is 2.50 bits per heavy atom. The lowest BCUT2D eigenvalue weighted by Gasteiger charge is -2.26. The lowest BCUT2D eigenvalue weighted by molar-refractivity contribution is -0.138. The smallest absolute Gasteiger partial charge is 0.338 e. The van der Waals surface area contributed by atoms with Crippen molar-refractivity contribution in [2.24, 2.45) is 4.99 Å². The van der Waals surface area contributed by atoms with Gasteiger partial charge >= 0.3 is 5.97 Å². The maximum Gasteiger partial charge on any atom is 0.338 e. The molecular formula is C35H33IN2O5S. The van der Waals surface area contributed by atoms with Gasteiger partial charge in [0.2, 0.25) is 0 Å². The molecule has 9 heteroatoms. The maximum atomic E-state index is 14.2. The van der Waals surface area contributed by atoms with Gasteiger partial charge in [0.1, 0.15) is 6.61 Å². The predicted octanol–water partition coefficient (Wildman–Crippen LogP) is 6.24. The Kier molecular flexibility index (Phi) is 9.85. The minimum absolute atomic E-state index is 0.195. The number of nitrogens with zero attached hydrogens (tertiary/aromatic N) is 2. The molecular weight excluding hydrogens is 687 g/mol. The van der Waals surface area contributed by atoms with Crippen molar-refractivity contribution in [2.45, 2.75) is 32.7 Å². The number of carbonyl (C=O) groups excluding carboxylic acids is 1. The molecule has 5 rings (SSSR count). The number of methoxy groups -OCH3 is 1. The van der Waals surface area contributed by atoms with E-state index in [2.05, 4.69) is 43.0 Å². The van der Waals surface area contributed by atoms with E-state index in [0.29, 0.717) is 44.6 Å². The zero-order valence-corrected chi connectivity index (χ0v) is 28.0. The lowest BCUT2D eigenvalue weighted by Crippen LogP contribution is -2.40. The summed E-state index contributed by atoms with van der Waals surface area (Å²) in [6, 6.07) is 20.6. The number of aromatic nitrogens is 1. The number of rotatable bonds is 10. The van der Waals surface area contributed by atoms with E-state index in [1.807, 2.05) is 72.8 Å². The van der Waals surface area contributed by atoms with Crippen LogP contribution in [0.3, 0.4) is 0 Å². The first-order valence-corrected chi connectivity index (χ1v) is 16.2. The minimum atomic E-state index is -0.729. The summed E-state index contributed by atoms with van der Waals surface area (Å²) in [6.45, 7) is 10.3. The summed E-state index contributed by atoms with van der Waals surface area (Å²) in [7, 11) is 1.58. The van der Waals surface area contributed by atoms with Gasteiger partial charge in [-0.1, -0.05) is 92.4 Å². The Morgan fingerprint density at radius 2 is 1.86 bits per heavy atom. The standard InChI is InChI=1S/C35H33IN2O5S/c1-6-17-43-32-26(36)18-22(19-27(32)41-5)20-28-33(39)38-31(25-15-13-23(14-16-25)21(3)4)29(34(40)42-7-2)30(37-35(38)44-28)24-11-9-8-10-12-24/h6,8-16,18-21,31H,1,7,17H2,2-5H3/b28-20-/t31-/m1/s1. The average molecular weight is 721 g/mol. The second-order valence-corrected chi connectivity index (χ2v) is 12.6. The van der Waals surface area contributed by atoms with E-state index in [1.165, 1.54) is 11.3 Å². The highest BCUT2D eigenvalue weighted by molar-refractivity contribution is 14.1. The molecule has 1 atom stereocenters. The summed E-state index contributed by atoms with van der Waals surface area (Å²) >= 11 is 3.47. The SMILES string of the molecule is C=CCOc1c(I)cc(/C=c2\sc3n(c2=O)[C@H](c2ccc(C(C)C)cc2)C(C(=O)OCC)=C(c2ccccc2)N=3)cc1OC. The topological polar surface area (TPSA) is 79.1 Å². The van der Waals surface area contributed by atoms with Gasteiger partial charge in [0.15, 0.2) is 16.3 Å². The van der Waals surface area contributed by atoms with E-state index in [1.54, 1.807) is 24.7 Å². The second-order valence-electron chi connectivity index (χ2n) is 10.4. The van der Waals surface area contributed by atoms with Crippen LogP contribution in [0.5, 0.6) is 11.5 Å². The molecule has 226 valence electrons. The van der Waals surface area contributed by atoms with Crippen molar-refractivity contribution in [1.82, 2.24) is 4.57 Å². The van der Waals surface area contributed by atoms with Gasteiger partial charge in [-0.25, -0.2) is 9.79 Å². The van der Waals surface area contributed by atoms with E-state index in [9.17, 15) is 9.59 Å². The van der Waals surface area contributed by atoms with Gasteiger partial charge in [-0.3, -0.25) is 9.36 Å². The fourth-order valence-electron chi connectivity index (χ4n) is 5.08. The summed E-state index contributed by atoms with van der Waals surface area (Å²) in [5, 5.41) is 0. The molecule has 0 N–H and O–H groups in total. The van der Waals surface area contributed by atoms with Crippen LogP contribution in [0.1, 0.15) is 55.0 Å². The molecule has 4 aromatic rings. The van der Waals surface area contributed by atoms with Crippen molar-refractivity contribution < 1.29 is 19.0 Å². The number of esters is 1. The molecule has 0 radical (unpaired) electrons. The molecule has 7 nitrogen and oxygen atoms in total. The molecule has 0 saturated carbocycles. The number of ether oxygens (including phenoxy) is 3. The third-order valence-electron chi connectivity index (χ3n) is 7.19. The molecule has 1 aromatic heterocycles. The largest absolute Gasteiger partial charge is 0.493 e. The molecule has 44 heavy (non-hydrogen) atoms. The molecule has 0 amide bonds. The second kappa shape index (κ2) is 13.8. The van der Waals surface area contributed by atoms with Gasteiger partial charge in [0, 0.05) is 5.56 Å². The van der Waals surface area contributed by atoms with E-state index < -0.39 is 12.0 Å². The van der Waals surface area contributed by atoms with E-state index in [0.717, 1.165) is 25.8 Å². The number of hydrogen-bond donors (Lipinski definition) is 0. The Morgan fingerprint density at radius 1 is 1.14 bits per heavy atom. The molecule has 0 unspecified atom stereocenters. The van der Waals surface area contributed by atoms with Crippen LogP contribution >= 0.6 is 33.9 Å². The van der Waals surface area contributed by atoms with E-state index >= 15 is 0 Å². The number of hydrogen-bond acceptors (Lipinski definition) is 7. The van der Waals surface area contributed by atoms with Crippen LogP contribution in [0.4, 0.5) is 0 Å². The van der Waals surface area contributed by atoms with Crippen LogP contribution in [-0.4, -0.2) is 30.9 Å². The Labute approximate surface area is 274 Å². The first kappa shape index (κ1) is 31.5. The molecule has 0 spiro atoms. The zero-order valence-electron chi connectivity index (χ0n) is 25.0. The highest BCUT2D eigenvalue weighted by Gasteiger charge is 2.35. The van der Waals surface area contributed by atoms with Crippen molar-refractivity contribution in [3.05, 3.63) is 130 Å². The van der Waals surface area contributed by atoms with Crippen molar-refractivity contribution in [3.8, 4) is 11.5 Å². The number of carbonyl (C=O) groups is 1. The molecule has 0 saturated heterocycles. The minimum Gasteiger partial charge on any atom is -0.493 e. The van der Waals surface area contributed by atoms with Gasteiger partial charge < -0.3 is 14.2 Å². The van der Waals surface area contributed by atoms with E-state index in [4.69, 9.17) is 19.2 Å². The van der Waals surface area contributed by atoms with Crippen LogP contribution in [0.2, 0.25) is 0 Å². The van der Waals surface area contributed by atoms with Crippen LogP contribution in [0, 0.1) is 3.57 Å². The fraction of sp³-hybridized carbons (Fsp3) is 0.229. The Balaban J connectivity index is 1.77. The molecule has 1 aliphatic heterocycles. The highest BCUT2D eigenvalue weighted by Crippen LogP contribution is 2.36. The van der Waals surface area contributed by atoms with Gasteiger partial charge in [-0.2, -0.15) is 0 Å². The van der Waals surface area contributed by atoms with Crippen LogP contribution < -0.4 is 24.4 Å². The van der Waals surface area contributed by atoms with Crippen molar-refractivity contribution in [3.63, 3.8) is 0 Å². The third kappa shape index (κ3) is 6.30. The Bertz CT molecular complexity index is 1910. The van der Waals surface area contributed by atoms with Crippen molar-refractivity contribution >= 4 is 51.7 Å². The van der Waals surface area contributed by atoms with Crippen LogP contribution in [0.15, 0.2) is 94.7 Å². The monoisotopic (exact) mass is 720 g/mol. The summed E-state index contributed by atoms with van der Waals surface area (Å²) in [5.41, 5.74) is 4.08. The molecule has 0 bridgehead atoms. The van der Waals surface area contributed by atoms with Gasteiger partial charge in [-0.15, -0.1) is 0 Å². The Hall–Kier alpha value is -3.96. The number of benzene rings is 3. The molecule has 0 fully saturated rings. The van der Waals surface area contributed by atoms with Crippen molar-refractivity contribution in [2.75, 3.05) is 20.3 Å². The highest BCUT2D eigenvalue weighted by atomic mass is 127. The van der Waals surface area contributed by atoms with Crippen LogP contribution in [0.25, 0.3) is 11.8 Å². The van der Waals surface area contributed by atoms with Gasteiger partial charge in [0.05, 0.1) is 39.1 Å². The maximum absolute atomic E-state index is 14.2. The number of halogens is 1. The summed E-state index contributed by atoms with van der Waals surface area (Å²) < 4.78 is 19.9. The summed E-state index contributed by atoms with van der Waals surface area (Å²) in [4.78, 5) is 33.3. The molecule has 0 aliphatic carbocycles. The zero-order chi connectivity index (χ0) is 31.4. The average Bonchev–Trinajstić information content (AvgIpc) is 3.34. The lowest BCUT2D eigenvalue weighted by atomic mass is 9.91. The normalized spacial score (nSPS) is 14.7. The molecule has 2 heterocycles. The molecule has 1 aliphatic rings. The van der Waals surface area contributed by atoms with Crippen LogP contribution in [-0.2, 0) is 9.53 Å². The first-order valence-electron chi connectivity index (χ1n) is 14.3. The third-order valence-corrected chi connectivity index (χ3v) is 8.97. The number of thiazole rings is 1. The summed E-state index contributed by atoms with van der Waals surface area (Å²) in [5.74, 6) is 0.996. The van der Waals surface area contributed by atoms with Gasteiger partial charge in [0.25, 0.3) is 5.56 Å². The quantitative estimate of drug-likeness (QED) is 0.110. The first-order chi connectivity index (χ1) is 21.3. The number of fused-ring (bicyclic) bond motifs is 1. The molecule has 3 aromatic carbocycles. The predicted molar refractivity (Wildman–Crippen MR) is 183 cm³/mol. The van der Waals surface area contributed by atoms with Gasteiger partial charge in [-0.05, 0) is 70.3 Å². The fourth-order valence-corrected chi connectivity index (χ4v) is 6.86. The van der Waals surface area contributed by atoms with E-state index in [-0.39, 0.29) is 12.2 Å².